The van der Waals surface area contributed by atoms with Gasteiger partial charge in [-0.25, -0.2) is 4.79 Å². The van der Waals surface area contributed by atoms with E-state index in [1.54, 1.807) is 7.11 Å². The molecule has 5 heteroatoms. The molecule has 1 aromatic carbocycles. The van der Waals surface area contributed by atoms with Crippen LogP contribution < -0.4 is 10.1 Å². The third kappa shape index (κ3) is 2.41. The molecule has 1 aromatic rings. The highest BCUT2D eigenvalue weighted by Gasteiger charge is 2.29. The maximum Gasteiger partial charge on any atom is 0.407 e. The first-order valence-electron chi connectivity index (χ1n) is 5.85. The molecule has 1 aliphatic carbocycles. The van der Waals surface area contributed by atoms with Gasteiger partial charge in [-0.1, -0.05) is 6.07 Å². The van der Waals surface area contributed by atoms with Crippen molar-refractivity contribution in [1.82, 2.24) is 5.32 Å². The number of alkyl carbamates (subject to hydrolysis) is 1. The maximum atomic E-state index is 11.2. The summed E-state index contributed by atoms with van der Waals surface area (Å²) >= 11 is 0. The Kier molecular flexibility index (Phi) is 3.72. The van der Waals surface area contributed by atoms with Crippen molar-refractivity contribution in [1.29, 1.82) is 0 Å². The number of nitrogens with one attached hydrogen (secondary N) is 1. The van der Waals surface area contributed by atoms with Crippen molar-refractivity contribution in [3.63, 3.8) is 0 Å². The van der Waals surface area contributed by atoms with E-state index in [1.807, 2.05) is 18.2 Å². The topological polar surface area (TPSA) is 67.8 Å². The van der Waals surface area contributed by atoms with Crippen molar-refractivity contribution < 1.29 is 19.4 Å². The lowest BCUT2D eigenvalue weighted by Crippen LogP contribution is -2.41. The van der Waals surface area contributed by atoms with Gasteiger partial charge in [0.05, 0.1) is 26.4 Å². The van der Waals surface area contributed by atoms with Crippen LogP contribution >= 0.6 is 0 Å². The fourth-order valence-electron chi connectivity index (χ4n) is 2.25. The molecule has 1 aliphatic rings. The van der Waals surface area contributed by atoms with Crippen LogP contribution in [0.4, 0.5) is 4.79 Å². The van der Waals surface area contributed by atoms with E-state index in [-0.39, 0.29) is 6.04 Å². The third-order valence-corrected chi connectivity index (χ3v) is 3.27. The number of carbonyl (C=O) groups is 1. The smallest absolute Gasteiger partial charge is 0.407 e. The van der Waals surface area contributed by atoms with Crippen LogP contribution in [0.3, 0.4) is 0 Å². The highest BCUT2D eigenvalue weighted by atomic mass is 16.5. The van der Waals surface area contributed by atoms with E-state index in [0.717, 1.165) is 17.5 Å². The Morgan fingerprint density at radius 2 is 2.22 bits per heavy atom. The maximum absolute atomic E-state index is 11.2. The van der Waals surface area contributed by atoms with E-state index < -0.39 is 12.2 Å². The summed E-state index contributed by atoms with van der Waals surface area (Å²) in [6.07, 6.45) is 0.244. The predicted octanol–water partition coefficient (Wildman–Crippen LogP) is 1.40. The van der Waals surface area contributed by atoms with Crippen LogP contribution in [0.15, 0.2) is 18.2 Å². The summed E-state index contributed by atoms with van der Waals surface area (Å²) in [6.45, 7) is 0. The van der Waals surface area contributed by atoms with E-state index in [1.165, 1.54) is 7.11 Å². The summed E-state index contributed by atoms with van der Waals surface area (Å²) in [5, 5.41) is 12.9. The molecule has 1 amide bonds. The Balaban J connectivity index is 2.20. The summed E-state index contributed by atoms with van der Waals surface area (Å²) in [7, 11) is 2.89. The van der Waals surface area contributed by atoms with Gasteiger partial charge in [0.25, 0.3) is 0 Å². The van der Waals surface area contributed by atoms with Crippen LogP contribution in [0.5, 0.6) is 5.75 Å². The lowest BCUT2D eigenvalue weighted by atomic mass is 9.86. The number of hydrogen-bond donors (Lipinski definition) is 2. The van der Waals surface area contributed by atoms with Crippen molar-refractivity contribution in [3.05, 3.63) is 29.3 Å². The van der Waals surface area contributed by atoms with Crippen LogP contribution in [0.25, 0.3) is 0 Å². The van der Waals surface area contributed by atoms with Crippen LogP contribution in [0, 0.1) is 0 Å². The first kappa shape index (κ1) is 12.7. The molecule has 5 nitrogen and oxygen atoms in total. The monoisotopic (exact) mass is 251 g/mol. The molecular weight excluding hydrogens is 234 g/mol. The summed E-state index contributed by atoms with van der Waals surface area (Å²) in [5.41, 5.74) is 1.90. The Morgan fingerprint density at radius 1 is 1.44 bits per heavy atom. The fraction of sp³-hybridized carbons (Fsp3) is 0.462. The molecule has 2 atom stereocenters. The SMILES string of the molecule is COC(=O)N[C@H]1CCc2ccc(OC)cc2C1O. The number of hydrogen-bond acceptors (Lipinski definition) is 4. The Labute approximate surface area is 106 Å². The molecule has 2 N–H and O–H groups in total. The van der Waals surface area contributed by atoms with Gasteiger partial charge in [0.2, 0.25) is 0 Å². The standard InChI is InChI=1S/C13H17NO4/c1-17-9-5-3-8-4-6-11(14-13(16)18-2)12(15)10(8)7-9/h3,5,7,11-12,15H,4,6H2,1-2H3,(H,14,16)/t11-,12?/m0/s1. The number of aliphatic hydroxyl groups excluding tert-OH is 1. The Bertz CT molecular complexity index is 447. The Hall–Kier alpha value is -1.75. The first-order valence-corrected chi connectivity index (χ1v) is 5.85. The quantitative estimate of drug-likeness (QED) is 0.833. The number of rotatable bonds is 2. The second-order valence-electron chi connectivity index (χ2n) is 4.29. The fourth-order valence-corrected chi connectivity index (χ4v) is 2.25. The van der Waals surface area contributed by atoms with Gasteiger partial charge in [-0.2, -0.15) is 0 Å². The van der Waals surface area contributed by atoms with Gasteiger partial charge in [-0.05, 0) is 36.1 Å². The molecule has 18 heavy (non-hydrogen) atoms. The number of methoxy groups -OCH3 is 2. The third-order valence-electron chi connectivity index (χ3n) is 3.27. The number of aliphatic hydroxyl groups is 1. The summed E-state index contributed by atoms with van der Waals surface area (Å²) in [4.78, 5) is 11.2. The molecule has 0 spiro atoms. The highest BCUT2D eigenvalue weighted by Crippen LogP contribution is 2.32. The van der Waals surface area contributed by atoms with Crippen LogP contribution in [-0.4, -0.2) is 31.5 Å². The summed E-state index contributed by atoms with van der Waals surface area (Å²) in [5.74, 6) is 0.700. The largest absolute Gasteiger partial charge is 0.497 e. The minimum atomic E-state index is -0.733. The van der Waals surface area contributed by atoms with Gasteiger partial charge in [0, 0.05) is 0 Å². The number of amides is 1. The molecule has 1 unspecified atom stereocenters. The zero-order valence-electron chi connectivity index (χ0n) is 10.5. The molecule has 0 fully saturated rings. The van der Waals surface area contributed by atoms with E-state index >= 15 is 0 Å². The molecule has 0 bridgehead atoms. The molecule has 0 aromatic heterocycles. The molecule has 2 rings (SSSR count). The molecule has 0 aliphatic heterocycles. The number of aryl methyl sites for hydroxylation is 1. The number of ether oxygens (including phenoxy) is 2. The van der Waals surface area contributed by atoms with Crippen molar-refractivity contribution in [2.45, 2.75) is 25.0 Å². The van der Waals surface area contributed by atoms with E-state index in [2.05, 4.69) is 10.1 Å². The van der Waals surface area contributed by atoms with E-state index in [9.17, 15) is 9.90 Å². The summed E-state index contributed by atoms with van der Waals surface area (Å²) < 4.78 is 9.69. The van der Waals surface area contributed by atoms with Crippen molar-refractivity contribution in [2.24, 2.45) is 0 Å². The number of fused-ring (bicyclic) bond motifs is 1. The normalized spacial score (nSPS) is 21.9. The van der Waals surface area contributed by atoms with Crippen molar-refractivity contribution >= 4 is 6.09 Å². The van der Waals surface area contributed by atoms with Crippen molar-refractivity contribution in [3.8, 4) is 5.75 Å². The zero-order valence-corrected chi connectivity index (χ0v) is 10.5. The number of carbonyl (C=O) groups excluding carboxylic acids is 1. The minimum absolute atomic E-state index is 0.322. The van der Waals surface area contributed by atoms with E-state index in [0.29, 0.717) is 12.2 Å². The second-order valence-corrected chi connectivity index (χ2v) is 4.29. The average Bonchev–Trinajstić information content (AvgIpc) is 2.41. The first-order chi connectivity index (χ1) is 8.65. The molecule has 0 heterocycles. The molecular formula is C13H17NO4. The van der Waals surface area contributed by atoms with Gasteiger partial charge in [-0.15, -0.1) is 0 Å². The average molecular weight is 251 g/mol. The predicted molar refractivity (Wildman–Crippen MR) is 65.6 cm³/mol. The van der Waals surface area contributed by atoms with Crippen molar-refractivity contribution in [2.75, 3.05) is 14.2 Å². The van der Waals surface area contributed by atoms with Gasteiger partial charge in [0.1, 0.15) is 5.75 Å². The van der Waals surface area contributed by atoms with E-state index in [4.69, 9.17) is 4.74 Å². The van der Waals surface area contributed by atoms with Crippen LogP contribution in [0.1, 0.15) is 23.7 Å². The zero-order chi connectivity index (χ0) is 13.1. The van der Waals surface area contributed by atoms with Crippen LogP contribution in [-0.2, 0) is 11.2 Å². The van der Waals surface area contributed by atoms with Gasteiger partial charge in [0.15, 0.2) is 0 Å². The Morgan fingerprint density at radius 3 is 2.89 bits per heavy atom. The lowest BCUT2D eigenvalue weighted by Gasteiger charge is -2.30. The van der Waals surface area contributed by atoms with Gasteiger partial charge < -0.3 is 19.9 Å². The van der Waals surface area contributed by atoms with Gasteiger partial charge in [-0.3, -0.25) is 0 Å². The van der Waals surface area contributed by atoms with Crippen LogP contribution in [0.2, 0.25) is 0 Å². The highest BCUT2D eigenvalue weighted by molar-refractivity contribution is 5.67. The lowest BCUT2D eigenvalue weighted by molar-refractivity contribution is 0.104. The molecule has 0 saturated heterocycles. The minimum Gasteiger partial charge on any atom is -0.497 e. The molecule has 0 saturated carbocycles. The molecule has 98 valence electrons. The second kappa shape index (κ2) is 5.27. The summed E-state index contributed by atoms with van der Waals surface area (Å²) in [6, 6.07) is 5.31. The molecule has 0 radical (unpaired) electrons. The number of benzene rings is 1. The van der Waals surface area contributed by atoms with Gasteiger partial charge >= 0.3 is 6.09 Å².